The van der Waals surface area contributed by atoms with Crippen molar-refractivity contribution in [2.75, 3.05) is 6.61 Å². The first kappa shape index (κ1) is 21.5. The smallest absolute Gasteiger partial charge is 0.269 e. The molecular formula is C22H25ClN2O3. The van der Waals surface area contributed by atoms with Crippen LogP contribution in [0.2, 0.25) is 5.02 Å². The molecule has 0 aliphatic heterocycles. The van der Waals surface area contributed by atoms with Gasteiger partial charge in [-0.25, -0.2) is 0 Å². The van der Waals surface area contributed by atoms with Gasteiger partial charge >= 0.3 is 0 Å². The Bertz CT molecular complexity index is 804. The standard InChI is InChI=1S/C22H25ClN2O3/c1-2-3-4-7-16-28-19-13-10-18(11-14-19)22(27)25-24-21(26)15-12-17-8-5-6-9-20(17)23/h5-6,8-15H,2-4,7,16H2,1H3,(H,24,26)(H,25,27). The topological polar surface area (TPSA) is 67.4 Å². The molecule has 5 nitrogen and oxygen atoms in total. The van der Waals surface area contributed by atoms with Gasteiger partial charge in [-0.1, -0.05) is 56.0 Å². The average Bonchev–Trinajstić information content (AvgIpc) is 2.71. The third kappa shape index (κ3) is 7.45. The number of halogens is 1. The molecule has 0 saturated heterocycles. The highest BCUT2D eigenvalue weighted by Crippen LogP contribution is 2.16. The first-order valence-electron chi connectivity index (χ1n) is 9.36. The fourth-order valence-electron chi connectivity index (χ4n) is 2.43. The monoisotopic (exact) mass is 400 g/mol. The van der Waals surface area contributed by atoms with Crippen molar-refractivity contribution in [3.05, 3.63) is 70.8 Å². The van der Waals surface area contributed by atoms with Crippen molar-refractivity contribution in [2.24, 2.45) is 0 Å². The van der Waals surface area contributed by atoms with Gasteiger partial charge in [0.05, 0.1) is 6.61 Å². The van der Waals surface area contributed by atoms with Crippen LogP contribution in [0.3, 0.4) is 0 Å². The zero-order chi connectivity index (χ0) is 20.2. The molecule has 0 spiro atoms. The molecule has 0 atom stereocenters. The number of rotatable bonds is 9. The Hall–Kier alpha value is -2.79. The summed E-state index contributed by atoms with van der Waals surface area (Å²) in [6, 6.07) is 14.0. The van der Waals surface area contributed by atoms with Crippen LogP contribution in [0.1, 0.15) is 48.5 Å². The minimum atomic E-state index is -0.458. The number of amides is 2. The second kappa shape index (κ2) is 11.8. The lowest BCUT2D eigenvalue weighted by molar-refractivity contribution is -0.117. The Balaban J connectivity index is 1.76. The highest BCUT2D eigenvalue weighted by Gasteiger charge is 2.06. The van der Waals surface area contributed by atoms with Crippen molar-refractivity contribution >= 4 is 29.5 Å². The summed E-state index contributed by atoms with van der Waals surface area (Å²) < 4.78 is 5.65. The summed E-state index contributed by atoms with van der Waals surface area (Å²) in [6.45, 7) is 2.83. The van der Waals surface area contributed by atoms with E-state index in [9.17, 15) is 9.59 Å². The van der Waals surface area contributed by atoms with Gasteiger partial charge in [0.15, 0.2) is 0 Å². The minimum absolute atomic E-state index is 0.408. The Morgan fingerprint density at radius 1 is 1.00 bits per heavy atom. The number of hydrogen-bond donors (Lipinski definition) is 2. The number of carbonyl (C=O) groups is 2. The molecule has 0 radical (unpaired) electrons. The zero-order valence-electron chi connectivity index (χ0n) is 15.9. The minimum Gasteiger partial charge on any atom is -0.494 e. The number of benzene rings is 2. The van der Waals surface area contributed by atoms with Gasteiger partial charge in [-0.2, -0.15) is 0 Å². The predicted molar refractivity (Wildman–Crippen MR) is 112 cm³/mol. The van der Waals surface area contributed by atoms with Gasteiger partial charge in [-0.05, 0) is 48.4 Å². The Kier molecular flexibility index (Phi) is 9.08. The van der Waals surface area contributed by atoms with Crippen molar-refractivity contribution in [2.45, 2.75) is 32.6 Å². The molecule has 28 heavy (non-hydrogen) atoms. The molecule has 2 aromatic carbocycles. The van der Waals surface area contributed by atoms with Gasteiger partial charge in [0.1, 0.15) is 5.75 Å². The fraction of sp³-hybridized carbons (Fsp3) is 0.273. The van der Waals surface area contributed by atoms with Crippen LogP contribution in [-0.4, -0.2) is 18.4 Å². The summed E-state index contributed by atoms with van der Waals surface area (Å²) in [6.07, 6.45) is 7.46. The van der Waals surface area contributed by atoms with Gasteiger partial charge < -0.3 is 4.74 Å². The van der Waals surface area contributed by atoms with E-state index in [0.717, 1.165) is 24.2 Å². The Morgan fingerprint density at radius 2 is 1.75 bits per heavy atom. The van der Waals surface area contributed by atoms with Gasteiger partial charge in [0.2, 0.25) is 0 Å². The van der Waals surface area contributed by atoms with Crippen LogP contribution >= 0.6 is 11.6 Å². The summed E-state index contributed by atoms with van der Waals surface area (Å²) in [7, 11) is 0. The van der Waals surface area contributed by atoms with Crippen molar-refractivity contribution < 1.29 is 14.3 Å². The van der Waals surface area contributed by atoms with E-state index in [1.54, 1.807) is 42.5 Å². The highest BCUT2D eigenvalue weighted by atomic mass is 35.5. The molecule has 2 aromatic rings. The third-order valence-corrected chi connectivity index (χ3v) is 4.35. The van der Waals surface area contributed by atoms with Crippen LogP contribution in [0.25, 0.3) is 6.08 Å². The summed E-state index contributed by atoms with van der Waals surface area (Å²) in [4.78, 5) is 23.9. The normalized spacial score (nSPS) is 10.6. The van der Waals surface area contributed by atoms with Crippen LogP contribution in [0.15, 0.2) is 54.6 Å². The number of ether oxygens (including phenoxy) is 1. The van der Waals surface area contributed by atoms with E-state index >= 15 is 0 Å². The van der Waals surface area contributed by atoms with E-state index in [1.807, 2.05) is 12.1 Å². The van der Waals surface area contributed by atoms with Crippen LogP contribution in [0, 0.1) is 0 Å². The molecule has 6 heteroatoms. The molecule has 2 amide bonds. The largest absolute Gasteiger partial charge is 0.494 e. The second-order valence-corrected chi connectivity index (χ2v) is 6.64. The van der Waals surface area contributed by atoms with Gasteiger partial charge in [0, 0.05) is 16.7 Å². The van der Waals surface area contributed by atoms with Crippen LogP contribution < -0.4 is 15.6 Å². The maximum absolute atomic E-state index is 12.1. The summed E-state index contributed by atoms with van der Waals surface area (Å²) in [5.41, 5.74) is 5.85. The highest BCUT2D eigenvalue weighted by molar-refractivity contribution is 6.32. The number of hydrogen-bond acceptors (Lipinski definition) is 3. The summed E-state index contributed by atoms with van der Waals surface area (Å²) >= 11 is 6.02. The molecule has 0 aliphatic rings. The lowest BCUT2D eigenvalue weighted by Crippen LogP contribution is -2.40. The molecule has 0 saturated carbocycles. The van der Waals surface area contributed by atoms with E-state index < -0.39 is 11.8 Å². The van der Waals surface area contributed by atoms with E-state index in [2.05, 4.69) is 17.8 Å². The average molecular weight is 401 g/mol. The Morgan fingerprint density at radius 3 is 2.46 bits per heavy atom. The van der Waals surface area contributed by atoms with E-state index in [-0.39, 0.29) is 0 Å². The van der Waals surface area contributed by atoms with Crippen molar-refractivity contribution in [1.29, 1.82) is 0 Å². The lowest BCUT2D eigenvalue weighted by Gasteiger charge is -2.08. The maximum atomic E-state index is 12.1. The molecule has 0 unspecified atom stereocenters. The number of carbonyl (C=O) groups excluding carboxylic acids is 2. The first-order chi connectivity index (χ1) is 13.6. The zero-order valence-corrected chi connectivity index (χ0v) is 16.7. The van der Waals surface area contributed by atoms with Gasteiger partial charge in [-0.15, -0.1) is 0 Å². The van der Waals surface area contributed by atoms with E-state index in [1.165, 1.54) is 18.9 Å². The molecule has 2 N–H and O–H groups in total. The summed E-state index contributed by atoms with van der Waals surface area (Å²) in [5, 5.41) is 0.545. The van der Waals surface area contributed by atoms with Gasteiger partial charge in [0.25, 0.3) is 11.8 Å². The van der Waals surface area contributed by atoms with Crippen LogP contribution in [0.5, 0.6) is 5.75 Å². The number of unbranched alkanes of at least 4 members (excludes halogenated alkanes) is 3. The Labute approximate surface area is 170 Å². The van der Waals surface area contributed by atoms with Gasteiger partial charge in [-0.3, -0.25) is 20.4 Å². The molecule has 2 rings (SSSR count). The first-order valence-corrected chi connectivity index (χ1v) is 9.73. The number of nitrogens with one attached hydrogen (secondary N) is 2. The van der Waals surface area contributed by atoms with Crippen molar-refractivity contribution in [1.82, 2.24) is 10.9 Å². The molecule has 0 bridgehead atoms. The quantitative estimate of drug-likeness (QED) is 0.362. The third-order valence-electron chi connectivity index (χ3n) is 4.00. The lowest BCUT2D eigenvalue weighted by atomic mass is 10.2. The van der Waals surface area contributed by atoms with E-state index in [4.69, 9.17) is 16.3 Å². The van der Waals surface area contributed by atoms with Crippen molar-refractivity contribution in [3.63, 3.8) is 0 Å². The van der Waals surface area contributed by atoms with Crippen LogP contribution in [-0.2, 0) is 4.79 Å². The molecular weight excluding hydrogens is 376 g/mol. The maximum Gasteiger partial charge on any atom is 0.269 e. The van der Waals surface area contributed by atoms with Crippen LogP contribution in [0.4, 0.5) is 0 Å². The summed E-state index contributed by atoms with van der Waals surface area (Å²) in [5.74, 6) is -0.144. The molecule has 0 heterocycles. The fourth-order valence-corrected chi connectivity index (χ4v) is 2.63. The van der Waals surface area contributed by atoms with E-state index in [0.29, 0.717) is 17.2 Å². The molecule has 0 aliphatic carbocycles. The molecule has 148 valence electrons. The molecule has 0 fully saturated rings. The predicted octanol–water partition coefficient (Wildman–Crippen LogP) is 4.77. The molecule has 0 aromatic heterocycles. The van der Waals surface area contributed by atoms with Crippen molar-refractivity contribution in [3.8, 4) is 5.75 Å². The SMILES string of the molecule is CCCCCCOc1ccc(C(=O)NNC(=O)C=Cc2ccccc2Cl)cc1. The number of hydrazine groups is 1. The second-order valence-electron chi connectivity index (χ2n) is 6.23.